The molecule has 0 saturated carbocycles. The normalized spacial score (nSPS) is 10.4. The van der Waals surface area contributed by atoms with E-state index in [1.807, 2.05) is 42.5 Å². The van der Waals surface area contributed by atoms with Gasteiger partial charge in [-0.25, -0.2) is 9.69 Å². The van der Waals surface area contributed by atoms with Crippen molar-refractivity contribution in [3.8, 4) is 11.1 Å². The lowest BCUT2D eigenvalue weighted by Gasteiger charge is -2.21. The maximum absolute atomic E-state index is 11.8. The fourth-order valence-corrected chi connectivity index (χ4v) is 3.21. The van der Waals surface area contributed by atoms with Crippen LogP contribution in [0.15, 0.2) is 77.3 Å². The number of benzene rings is 3. The van der Waals surface area contributed by atoms with Crippen LogP contribution in [0.1, 0.15) is 0 Å². The Kier molecular flexibility index (Phi) is 4.88. The highest BCUT2D eigenvalue weighted by atomic mass is 79.9. The van der Waals surface area contributed by atoms with Gasteiger partial charge >= 0.3 is 6.09 Å². The van der Waals surface area contributed by atoms with Crippen molar-refractivity contribution in [1.82, 2.24) is 0 Å². The summed E-state index contributed by atoms with van der Waals surface area (Å²) in [6.45, 7) is 0. The number of nitrogens with zero attached hydrogens (tertiary/aromatic N) is 1. The van der Waals surface area contributed by atoms with Crippen molar-refractivity contribution < 1.29 is 9.90 Å². The molecule has 5 heteroatoms. The quantitative estimate of drug-likeness (QED) is 0.537. The monoisotopic (exact) mass is 401 g/mol. The number of hydrogen-bond donors (Lipinski definition) is 1. The van der Waals surface area contributed by atoms with Crippen molar-refractivity contribution in [3.63, 3.8) is 0 Å². The molecule has 3 rings (SSSR count). The van der Waals surface area contributed by atoms with E-state index in [1.165, 1.54) is 4.90 Å². The van der Waals surface area contributed by atoms with Crippen LogP contribution >= 0.6 is 27.5 Å². The minimum atomic E-state index is -1.08. The summed E-state index contributed by atoms with van der Waals surface area (Å²) in [6.07, 6.45) is -1.08. The van der Waals surface area contributed by atoms with Gasteiger partial charge in [-0.3, -0.25) is 0 Å². The van der Waals surface area contributed by atoms with Gasteiger partial charge in [0.1, 0.15) is 0 Å². The van der Waals surface area contributed by atoms with E-state index in [4.69, 9.17) is 11.6 Å². The highest BCUT2D eigenvalue weighted by Gasteiger charge is 2.20. The van der Waals surface area contributed by atoms with Crippen molar-refractivity contribution in [2.24, 2.45) is 0 Å². The summed E-state index contributed by atoms with van der Waals surface area (Å²) in [4.78, 5) is 13.0. The molecule has 1 N–H and O–H groups in total. The minimum absolute atomic E-state index is 0.482. The van der Waals surface area contributed by atoms with Crippen LogP contribution in [0.5, 0.6) is 0 Å². The van der Waals surface area contributed by atoms with Gasteiger partial charge in [0.05, 0.1) is 11.4 Å². The lowest BCUT2D eigenvalue weighted by atomic mass is 10.1. The molecule has 0 heterocycles. The van der Waals surface area contributed by atoms with Gasteiger partial charge < -0.3 is 5.11 Å². The van der Waals surface area contributed by atoms with Gasteiger partial charge in [0, 0.05) is 9.50 Å². The molecule has 3 aromatic rings. The summed E-state index contributed by atoms with van der Waals surface area (Å²) < 4.78 is 0.686. The van der Waals surface area contributed by atoms with Crippen LogP contribution in [0.4, 0.5) is 16.2 Å². The van der Waals surface area contributed by atoms with E-state index in [2.05, 4.69) is 15.9 Å². The van der Waals surface area contributed by atoms with Crippen molar-refractivity contribution in [1.29, 1.82) is 0 Å². The van der Waals surface area contributed by atoms with E-state index in [9.17, 15) is 9.90 Å². The van der Waals surface area contributed by atoms with Crippen LogP contribution in [0.2, 0.25) is 5.02 Å². The largest absolute Gasteiger partial charge is 0.464 e. The van der Waals surface area contributed by atoms with Crippen LogP contribution < -0.4 is 4.90 Å². The second-order valence-electron chi connectivity index (χ2n) is 5.13. The van der Waals surface area contributed by atoms with E-state index in [0.717, 1.165) is 11.1 Å². The number of hydrogen-bond acceptors (Lipinski definition) is 1. The minimum Gasteiger partial charge on any atom is -0.464 e. The smallest absolute Gasteiger partial charge is 0.416 e. The summed E-state index contributed by atoms with van der Waals surface area (Å²) in [5.41, 5.74) is 3.09. The topological polar surface area (TPSA) is 40.5 Å². The van der Waals surface area contributed by atoms with Gasteiger partial charge in [0.25, 0.3) is 0 Å². The number of carbonyl (C=O) groups is 1. The van der Waals surface area contributed by atoms with Crippen molar-refractivity contribution in [3.05, 3.63) is 82.3 Å². The predicted molar refractivity (Wildman–Crippen MR) is 101 cm³/mol. The lowest BCUT2D eigenvalue weighted by molar-refractivity contribution is 0.205. The van der Waals surface area contributed by atoms with E-state index >= 15 is 0 Å². The molecule has 0 aliphatic carbocycles. The Morgan fingerprint density at radius 1 is 0.917 bits per heavy atom. The molecule has 0 aromatic heterocycles. The molecule has 0 spiro atoms. The molecule has 3 nitrogen and oxygen atoms in total. The predicted octanol–water partition coefficient (Wildman–Crippen LogP) is 6.59. The van der Waals surface area contributed by atoms with E-state index in [1.54, 1.807) is 30.3 Å². The summed E-state index contributed by atoms with van der Waals surface area (Å²) >= 11 is 9.49. The maximum Gasteiger partial charge on any atom is 0.416 e. The van der Waals surface area contributed by atoms with Gasteiger partial charge in [-0.1, -0.05) is 54.1 Å². The van der Waals surface area contributed by atoms with E-state index < -0.39 is 6.09 Å². The van der Waals surface area contributed by atoms with Crippen LogP contribution in [0.25, 0.3) is 11.1 Å². The average molecular weight is 403 g/mol. The number of anilines is 2. The molecule has 0 unspecified atom stereocenters. The fourth-order valence-electron chi connectivity index (χ4n) is 2.47. The van der Waals surface area contributed by atoms with Crippen molar-refractivity contribution in [2.75, 3.05) is 4.90 Å². The standard InChI is InChI=1S/C19H13BrClNO2/c20-17-11-14(13-5-2-1-3-6-13)9-10-18(17)22(19(23)24)16-8-4-7-15(21)12-16/h1-12H,(H,23,24). The third-order valence-corrected chi connectivity index (χ3v) is 4.42. The Bertz CT molecular complexity index is 884. The second-order valence-corrected chi connectivity index (χ2v) is 6.42. The Hall–Kier alpha value is -2.30. The Morgan fingerprint density at radius 3 is 2.29 bits per heavy atom. The third-order valence-electron chi connectivity index (χ3n) is 3.55. The SMILES string of the molecule is O=C(O)N(c1cccc(Cl)c1)c1ccc(-c2ccccc2)cc1Br. The van der Waals surface area contributed by atoms with E-state index in [0.29, 0.717) is 20.9 Å². The number of rotatable bonds is 3. The Labute approximate surface area is 153 Å². The van der Waals surface area contributed by atoms with Crippen LogP contribution in [-0.2, 0) is 0 Å². The number of carboxylic acid groups (broad SMARTS) is 1. The molecular formula is C19H13BrClNO2. The highest BCUT2D eigenvalue weighted by Crippen LogP contribution is 2.36. The number of halogens is 2. The molecule has 0 fully saturated rings. The number of amides is 1. The summed E-state index contributed by atoms with van der Waals surface area (Å²) in [6, 6.07) is 22.2. The van der Waals surface area contributed by atoms with Gasteiger partial charge in [0.15, 0.2) is 0 Å². The van der Waals surface area contributed by atoms with Crippen LogP contribution in [0, 0.1) is 0 Å². The van der Waals surface area contributed by atoms with Crippen molar-refractivity contribution >= 4 is 45.0 Å². The molecule has 3 aromatic carbocycles. The first-order valence-corrected chi connectivity index (χ1v) is 8.37. The molecule has 0 atom stereocenters. The Morgan fingerprint density at radius 2 is 1.67 bits per heavy atom. The summed E-state index contributed by atoms with van der Waals surface area (Å²) in [7, 11) is 0. The summed E-state index contributed by atoms with van der Waals surface area (Å²) in [5, 5.41) is 10.1. The van der Waals surface area contributed by atoms with Gasteiger partial charge in [-0.2, -0.15) is 0 Å². The first-order valence-electron chi connectivity index (χ1n) is 7.20. The Balaban J connectivity index is 2.05. The lowest BCUT2D eigenvalue weighted by Crippen LogP contribution is -2.24. The second kappa shape index (κ2) is 7.07. The highest BCUT2D eigenvalue weighted by molar-refractivity contribution is 9.10. The van der Waals surface area contributed by atoms with Gasteiger partial charge in [-0.15, -0.1) is 0 Å². The average Bonchev–Trinajstić information content (AvgIpc) is 2.57. The maximum atomic E-state index is 11.8. The molecular weight excluding hydrogens is 390 g/mol. The fraction of sp³-hybridized carbons (Fsp3) is 0. The van der Waals surface area contributed by atoms with Crippen molar-refractivity contribution in [2.45, 2.75) is 0 Å². The molecule has 0 bridgehead atoms. The summed E-state index contributed by atoms with van der Waals surface area (Å²) in [5.74, 6) is 0. The molecule has 0 saturated heterocycles. The third kappa shape index (κ3) is 3.45. The van der Waals surface area contributed by atoms with Crippen LogP contribution in [-0.4, -0.2) is 11.2 Å². The zero-order valence-electron chi connectivity index (χ0n) is 12.5. The first-order chi connectivity index (χ1) is 11.6. The molecule has 1 amide bonds. The van der Waals surface area contributed by atoms with Gasteiger partial charge in [0.2, 0.25) is 0 Å². The van der Waals surface area contributed by atoms with E-state index in [-0.39, 0.29) is 0 Å². The molecule has 0 radical (unpaired) electrons. The van der Waals surface area contributed by atoms with Gasteiger partial charge in [-0.05, 0) is 57.4 Å². The zero-order chi connectivity index (χ0) is 17.1. The molecule has 0 aliphatic rings. The van der Waals surface area contributed by atoms with Crippen LogP contribution in [0.3, 0.4) is 0 Å². The molecule has 0 aliphatic heterocycles. The molecule has 120 valence electrons. The zero-order valence-corrected chi connectivity index (χ0v) is 14.8. The molecule has 24 heavy (non-hydrogen) atoms. The first kappa shape index (κ1) is 16.6.